The van der Waals surface area contributed by atoms with Crippen molar-refractivity contribution < 1.29 is 0 Å². The highest BCUT2D eigenvalue weighted by atomic mass is 32.1. The maximum Gasteiger partial charge on any atom is 0.187 e. The van der Waals surface area contributed by atoms with E-state index in [-0.39, 0.29) is 0 Å². The molecular weight excluding hydrogens is 364 g/mol. The van der Waals surface area contributed by atoms with Gasteiger partial charge in [-0.15, -0.1) is 11.3 Å². The van der Waals surface area contributed by atoms with Crippen LogP contribution in [-0.4, -0.2) is 14.5 Å². The summed E-state index contributed by atoms with van der Waals surface area (Å²) in [6, 6.07) is 12.9. The highest BCUT2D eigenvalue weighted by Crippen LogP contribution is 2.33. The van der Waals surface area contributed by atoms with Gasteiger partial charge in [-0.1, -0.05) is 18.2 Å². The van der Waals surface area contributed by atoms with E-state index in [1.54, 1.807) is 11.3 Å². The maximum absolute atomic E-state index is 4.86. The van der Waals surface area contributed by atoms with E-state index in [2.05, 4.69) is 74.4 Å². The van der Waals surface area contributed by atoms with Gasteiger partial charge in [0.15, 0.2) is 5.13 Å². The normalized spacial score (nSPS) is 11.0. The molecule has 4 aromatic rings. The lowest BCUT2D eigenvalue weighted by molar-refractivity contribution is 1.06. The summed E-state index contributed by atoms with van der Waals surface area (Å²) in [5.41, 5.74) is 9.21. The minimum atomic E-state index is 0.924. The Morgan fingerprint density at radius 1 is 0.893 bits per heavy atom. The molecule has 0 atom stereocenters. The van der Waals surface area contributed by atoms with Crippen molar-refractivity contribution in [2.24, 2.45) is 0 Å². The first-order valence-corrected chi connectivity index (χ1v) is 10.2. The molecule has 0 aliphatic carbocycles. The number of nitrogens with one attached hydrogen (secondary N) is 1. The lowest BCUT2D eigenvalue weighted by Gasteiger charge is -2.10. The van der Waals surface area contributed by atoms with Crippen molar-refractivity contribution in [1.82, 2.24) is 14.5 Å². The number of rotatable bonds is 4. The van der Waals surface area contributed by atoms with Crippen LogP contribution < -0.4 is 5.32 Å². The molecule has 0 unspecified atom stereocenters. The first-order valence-electron chi connectivity index (χ1n) is 9.34. The van der Waals surface area contributed by atoms with Crippen molar-refractivity contribution in [1.29, 1.82) is 0 Å². The topological polar surface area (TPSA) is 42.7 Å². The number of hydrogen-bond donors (Lipinski definition) is 1. The number of aryl methyl sites for hydroxylation is 5. The second kappa shape index (κ2) is 7.24. The van der Waals surface area contributed by atoms with Gasteiger partial charge in [-0.3, -0.25) is 0 Å². The summed E-state index contributed by atoms with van der Waals surface area (Å²) in [5.74, 6) is 0. The fourth-order valence-electron chi connectivity index (χ4n) is 3.28. The summed E-state index contributed by atoms with van der Waals surface area (Å²) in [4.78, 5) is 10.4. The average Bonchev–Trinajstić information content (AvgIpc) is 3.25. The third kappa shape index (κ3) is 3.58. The summed E-state index contributed by atoms with van der Waals surface area (Å²) >= 11 is 1.69. The van der Waals surface area contributed by atoms with Crippen molar-refractivity contribution in [3.63, 3.8) is 0 Å². The van der Waals surface area contributed by atoms with Crippen molar-refractivity contribution in [3.8, 4) is 16.9 Å². The van der Waals surface area contributed by atoms with E-state index in [1.165, 1.54) is 21.6 Å². The van der Waals surface area contributed by atoms with Crippen LogP contribution in [0, 0.1) is 34.6 Å². The third-order valence-corrected chi connectivity index (χ3v) is 5.92. The first kappa shape index (κ1) is 18.4. The largest absolute Gasteiger partial charge is 0.331 e. The van der Waals surface area contributed by atoms with Crippen LogP contribution in [0.3, 0.4) is 0 Å². The predicted molar refractivity (Wildman–Crippen MR) is 118 cm³/mol. The van der Waals surface area contributed by atoms with Gasteiger partial charge in [0.05, 0.1) is 17.7 Å². The van der Waals surface area contributed by atoms with Crippen LogP contribution in [0.15, 0.2) is 48.9 Å². The molecule has 0 saturated heterocycles. The van der Waals surface area contributed by atoms with Gasteiger partial charge in [-0.25, -0.2) is 9.97 Å². The fraction of sp³-hybridized carbons (Fsp3) is 0.217. The highest BCUT2D eigenvalue weighted by molar-refractivity contribution is 7.16. The Morgan fingerprint density at radius 2 is 1.61 bits per heavy atom. The zero-order chi connectivity index (χ0) is 19.8. The fourth-order valence-corrected chi connectivity index (χ4v) is 4.13. The Balaban J connectivity index is 1.60. The van der Waals surface area contributed by atoms with Crippen molar-refractivity contribution in [2.45, 2.75) is 34.6 Å². The van der Waals surface area contributed by atoms with E-state index < -0.39 is 0 Å². The lowest BCUT2D eigenvalue weighted by Crippen LogP contribution is -1.95. The van der Waals surface area contributed by atoms with E-state index in [0.29, 0.717) is 0 Å². The first-order chi connectivity index (χ1) is 13.4. The molecule has 0 radical (unpaired) electrons. The molecule has 2 heterocycles. The Bertz CT molecular complexity index is 1140. The number of benzene rings is 2. The molecule has 0 bridgehead atoms. The zero-order valence-corrected chi connectivity index (χ0v) is 17.7. The van der Waals surface area contributed by atoms with Gasteiger partial charge >= 0.3 is 0 Å². The van der Waals surface area contributed by atoms with Gasteiger partial charge in [0.1, 0.15) is 0 Å². The average molecular weight is 389 g/mol. The van der Waals surface area contributed by atoms with Crippen LogP contribution in [0.2, 0.25) is 0 Å². The molecule has 1 N–H and O–H groups in total. The number of hydrogen-bond acceptors (Lipinski definition) is 4. The minimum absolute atomic E-state index is 0.924. The second-order valence-corrected chi connectivity index (χ2v) is 8.47. The summed E-state index contributed by atoms with van der Waals surface area (Å²) in [6.45, 7) is 10.5. The molecule has 0 aliphatic rings. The Hall–Kier alpha value is -2.92. The highest BCUT2D eigenvalue weighted by Gasteiger charge is 2.12. The summed E-state index contributed by atoms with van der Waals surface area (Å²) in [5, 5.41) is 4.43. The van der Waals surface area contributed by atoms with Crippen LogP contribution in [0.4, 0.5) is 10.8 Å². The van der Waals surface area contributed by atoms with E-state index in [1.807, 2.05) is 24.0 Å². The Morgan fingerprint density at radius 3 is 2.29 bits per heavy atom. The van der Waals surface area contributed by atoms with Crippen molar-refractivity contribution >= 4 is 22.2 Å². The molecule has 0 amide bonds. The molecular formula is C23H24N4S. The smallest absolute Gasteiger partial charge is 0.187 e. The van der Waals surface area contributed by atoms with Gasteiger partial charge in [-0.2, -0.15) is 0 Å². The van der Waals surface area contributed by atoms with E-state index in [4.69, 9.17) is 4.98 Å². The minimum Gasteiger partial charge on any atom is -0.331 e. The molecule has 0 saturated carbocycles. The van der Waals surface area contributed by atoms with Crippen LogP contribution in [0.1, 0.15) is 27.3 Å². The lowest BCUT2D eigenvalue weighted by atomic mass is 10.1. The Labute approximate surface area is 169 Å². The standard InChI is InChI=1S/C23H24N4S/c1-14-10-16(3)21(11-15(14)2)25-23-26-22(18(5)28-23)19-6-8-20(9-7-19)27-12-17(4)24-13-27/h6-13H,1-5H3,(H,25,26). The number of aromatic nitrogens is 3. The quantitative estimate of drug-likeness (QED) is 0.447. The molecule has 4 rings (SSSR count). The second-order valence-electron chi connectivity index (χ2n) is 7.27. The summed E-state index contributed by atoms with van der Waals surface area (Å²) in [7, 11) is 0. The maximum atomic E-state index is 4.86. The molecule has 2 aromatic carbocycles. The molecule has 0 aliphatic heterocycles. The molecule has 2 aromatic heterocycles. The van der Waals surface area contributed by atoms with Crippen LogP contribution in [-0.2, 0) is 0 Å². The van der Waals surface area contributed by atoms with Crippen molar-refractivity contribution in [3.05, 3.63) is 76.2 Å². The van der Waals surface area contributed by atoms with Gasteiger partial charge in [-0.05, 0) is 69.5 Å². The zero-order valence-electron chi connectivity index (χ0n) is 16.9. The molecule has 28 heavy (non-hydrogen) atoms. The summed E-state index contributed by atoms with van der Waals surface area (Å²) in [6.07, 6.45) is 3.86. The number of nitrogens with zero attached hydrogens (tertiary/aromatic N) is 3. The Kier molecular flexibility index (Phi) is 4.77. The molecule has 4 nitrogen and oxygen atoms in total. The van der Waals surface area contributed by atoms with E-state index >= 15 is 0 Å². The SMILES string of the molecule is Cc1cn(-c2ccc(-c3nc(Nc4cc(C)c(C)cc4C)sc3C)cc2)cn1. The third-order valence-electron chi connectivity index (χ3n) is 5.03. The van der Waals surface area contributed by atoms with Crippen LogP contribution >= 0.6 is 11.3 Å². The van der Waals surface area contributed by atoms with Crippen LogP contribution in [0.25, 0.3) is 16.9 Å². The van der Waals surface area contributed by atoms with Crippen molar-refractivity contribution in [2.75, 3.05) is 5.32 Å². The number of anilines is 2. The monoisotopic (exact) mass is 388 g/mol. The van der Waals surface area contributed by atoms with E-state index in [9.17, 15) is 0 Å². The van der Waals surface area contributed by atoms with Gasteiger partial charge in [0, 0.05) is 28.0 Å². The van der Waals surface area contributed by atoms with Gasteiger partial charge in [0.25, 0.3) is 0 Å². The molecule has 142 valence electrons. The molecule has 5 heteroatoms. The predicted octanol–water partition coefficient (Wildman–Crippen LogP) is 6.28. The number of thiazole rings is 1. The summed E-state index contributed by atoms with van der Waals surface area (Å²) < 4.78 is 2.03. The van der Waals surface area contributed by atoms with Crippen LogP contribution in [0.5, 0.6) is 0 Å². The molecule has 0 spiro atoms. The number of imidazole rings is 1. The van der Waals surface area contributed by atoms with Gasteiger partial charge < -0.3 is 9.88 Å². The van der Waals surface area contributed by atoms with Gasteiger partial charge in [0.2, 0.25) is 0 Å². The molecule has 0 fully saturated rings. The van der Waals surface area contributed by atoms with E-state index in [0.717, 1.165) is 33.5 Å².